The number of halogens is 1. The number of rotatable bonds is 3. The van der Waals surface area contributed by atoms with Gasteiger partial charge >= 0.3 is 5.69 Å². The SMILES string of the molecule is COc1cc2c3c(n(-c4cccc(Br)c4)c(=O)nc3c1OC)N=CN2. The van der Waals surface area contributed by atoms with Gasteiger partial charge in [0.15, 0.2) is 17.3 Å². The minimum atomic E-state index is -0.447. The second kappa shape index (κ2) is 5.89. The maximum absolute atomic E-state index is 12.8. The first-order valence-corrected chi connectivity index (χ1v) is 8.20. The molecule has 0 fully saturated rings. The van der Waals surface area contributed by atoms with Crippen LogP contribution in [-0.4, -0.2) is 30.1 Å². The standard InChI is InChI=1S/C17H13BrN4O3/c1-24-12-7-11-13-14(15(12)25-2)21-17(23)22(16(13)20-8-19-11)10-5-3-4-9(18)6-10/h3-8H,1-2H3,(H,19,20). The van der Waals surface area contributed by atoms with Gasteiger partial charge in [0.1, 0.15) is 5.52 Å². The molecule has 1 aliphatic rings. The Bertz CT molecular complexity index is 1090. The van der Waals surface area contributed by atoms with E-state index in [1.807, 2.05) is 24.3 Å². The monoisotopic (exact) mass is 400 g/mol. The zero-order valence-corrected chi connectivity index (χ0v) is 15.0. The van der Waals surface area contributed by atoms with E-state index in [2.05, 4.69) is 31.2 Å². The van der Waals surface area contributed by atoms with E-state index in [9.17, 15) is 4.79 Å². The van der Waals surface area contributed by atoms with E-state index < -0.39 is 5.69 Å². The van der Waals surface area contributed by atoms with Crippen LogP contribution in [0.5, 0.6) is 11.5 Å². The van der Waals surface area contributed by atoms with Gasteiger partial charge in [0, 0.05) is 10.5 Å². The fourth-order valence-corrected chi connectivity index (χ4v) is 3.29. The molecule has 7 nitrogen and oxygen atoms in total. The summed E-state index contributed by atoms with van der Waals surface area (Å²) in [5, 5.41) is 3.76. The number of anilines is 1. The fourth-order valence-electron chi connectivity index (χ4n) is 2.90. The molecule has 1 N–H and O–H groups in total. The third kappa shape index (κ3) is 2.37. The number of ether oxygens (including phenoxy) is 2. The summed E-state index contributed by atoms with van der Waals surface area (Å²) in [4.78, 5) is 21.4. The van der Waals surface area contributed by atoms with Crippen LogP contribution < -0.4 is 20.5 Å². The predicted octanol–water partition coefficient (Wildman–Crippen LogP) is 3.25. The van der Waals surface area contributed by atoms with Crippen LogP contribution >= 0.6 is 15.9 Å². The average molecular weight is 401 g/mol. The summed E-state index contributed by atoms with van der Waals surface area (Å²) in [6, 6.07) is 9.20. The predicted molar refractivity (Wildman–Crippen MR) is 99.9 cm³/mol. The molecule has 0 atom stereocenters. The van der Waals surface area contributed by atoms with Gasteiger partial charge < -0.3 is 14.8 Å². The third-order valence-electron chi connectivity index (χ3n) is 3.95. The second-order valence-corrected chi connectivity index (χ2v) is 6.23. The van der Waals surface area contributed by atoms with Crippen molar-refractivity contribution in [2.45, 2.75) is 0 Å². The molecular weight excluding hydrogens is 388 g/mol. The lowest BCUT2D eigenvalue weighted by atomic mass is 10.1. The number of aliphatic imine (C=N–C) groups is 1. The molecule has 2 heterocycles. The van der Waals surface area contributed by atoms with Crippen LogP contribution in [0.3, 0.4) is 0 Å². The Morgan fingerprint density at radius 2 is 2.04 bits per heavy atom. The van der Waals surface area contributed by atoms with Gasteiger partial charge in [0.05, 0.1) is 37.3 Å². The number of benzene rings is 2. The summed E-state index contributed by atoms with van der Waals surface area (Å²) in [5.41, 5.74) is 1.38. The van der Waals surface area contributed by atoms with Gasteiger partial charge in [0.25, 0.3) is 0 Å². The summed E-state index contributed by atoms with van der Waals surface area (Å²) >= 11 is 3.43. The minimum Gasteiger partial charge on any atom is -0.493 e. The highest BCUT2D eigenvalue weighted by Crippen LogP contribution is 2.43. The first-order valence-electron chi connectivity index (χ1n) is 7.41. The Kier molecular flexibility index (Phi) is 3.69. The van der Waals surface area contributed by atoms with E-state index in [0.29, 0.717) is 33.9 Å². The first kappa shape index (κ1) is 15.6. The minimum absolute atomic E-state index is 0.403. The molecule has 0 bridgehead atoms. The lowest BCUT2D eigenvalue weighted by Gasteiger charge is -2.20. The Labute approximate surface area is 151 Å². The van der Waals surface area contributed by atoms with Gasteiger partial charge in [-0.1, -0.05) is 22.0 Å². The number of hydrogen-bond donors (Lipinski definition) is 1. The molecule has 0 aliphatic carbocycles. The van der Waals surface area contributed by atoms with Crippen molar-refractivity contribution in [2.75, 3.05) is 19.5 Å². The maximum Gasteiger partial charge on any atom is 0.354 e. The lowest BCUT2D eigenvalue weighted by Crippen LogP contribution is -2.23. The molecule has 8 heteroatoms. The van der Waals surface area contributed by atoms with Gasteiger partial charge in [-0.3, -0.25) is 0 Å². The Balaban J connectivity index is 2.16. The zero-order chi connectivity index (χ0) is 17.6. The molecule has 0 unspecified atom stereocenters. The van der Waals surface area contributed by atoms with Crippen LogP contribution in [0.15, 0.2) is 44.6 Å². The quantitative estimate of drug-likeness (QED) is 0.729. The van der Waals surface area contributed by atoms with Crippen molar-refractivity contribution in [1.82, 2.24) is 9.55 Å². The van der Waals surface area contributed by atoms with Gasteiger partial charge in [-0.2, -0.15) is 4.98 Å². The second-order valence-electron chi connectivity index (χ2n) is 5.32. The molecule has 1 aliphatic heterocycles. The van der Waals surface area contributed by atoms with Crippen molar-refractivity contribution in [3.8, 4) is 17.2 Å². The number of aromatic nitrogens is 2. The molecule has 0 saturated heterocycles. The lowest BCUT2D eigenvalue weighted by molar-refractivity contribution is 0.358. The Hall–Kier alpha value is -2.87. The van der Waals surface area contributed by atoms with E-state index in [-0.39, 0.29) is 0 Å². The number of hydrogen-bond acceptors (Lipinski definition) is 6. The zero-order valence-electron chi connectivity index (χ0n) is 13.4. The van der Waals surface area contributed by atoms with E-state index in [0.717, 1.165) is 10.2 Å². The Morgan fingerprint density at radius 1 is 1.20 bits per heavy atom. The summed E-state index contributed by atoms with van der Waals surface area (Å²) in [7, 11) is 3.05. The van der Waals surface area contributed by atoms with Crippen LogP contribution in [-0.2, 0) is 0 Å². The highest BCUT2D eigenvalue weighted by atomic mass is 79.9. The smallest absolute Gasteiger partial charge is 0.354 e. The fraction of sp³-hybridized carbons (Fsp3) is 0.118. The maximum atomic E-state index is 12.8. The molecule has 0 radical (unpaired) electrons. The van der Waals surface area contributed by atoms with Crippen molar-refractivity contribution < 1.29 is 9.47 Å². The Morgan fingerprint density at radius 3 is 2.76 bits per heavy atom. The van der Waals surface area contributed by atoms with E-state index in [1.165, 1.54) is 25.1 Å². The van der Waals surface area contributed by atoms with E-state index >= 15 is 0 Å². The molecule has 2 aromatic carbocycles. The molecule has 25 heavy (non-hydrogen) atoms. The molecule has 126 valence electrons. The highest BCUT2D eigenvalue weighted by molar-refractivity contribution is 9.10. The number of methoxy groups -OCH3 is 2. The van der Waals surface area contributed by atoms with E-state index in [1.54, 1.807) is 6.07 Å². The topological polar surface area (TPSA) is 77.7 Å². The van der Waals surface area contributed by atoms with Gasteiger partial charge in [-0.15, -0.1) is 0 Å². The van der Waals surface area contributed by atoms with Crippen molar-refractivity contribution in [2.24, 2.45) is 4.99 Å². The van der Waals surface area contributed by atoms with Crippen LogP contribution in [0.1, 0.15) is 0 Å². The average Bonchev–Trinajstić information content (AvgIpc) is 2.61. The van der Waals surface area contributed by atoms with Gasteiger partial charge in [0.2, 0.25) is 0 Å². The summed E-state index contributed by atoms with van der Waals surface area (Å²) in [5.74, 6) is 1.38. The molecule has 0 spiro atoms. The van der Waals surface area contributed by atoms with Crippen LogP contribution in [0.2, 0.25) is 0 Å². The van der Waals surface area contributed by atoms with Crippen molar-refractivity contribution in [3.63, 3.8) is 0 Å². The van der Waals surface area contributed by atoms with Crippen LogP contribution in [0.4, 0.5) is 11.5 Å². The molecule has 3 aromatic rings. The normalized spacial score (nSPS) is 12.1. The molecule has 4 rings (SSSR count). The molecule has 0 amide bonds. The third-order valence-corrected chi connectivity index (χ3v) is 4.45. The number of nitrogens with one attached hydrogen (secondary N) is 1. The van der Waals surface area contributed by atoms with Gasteiger partial charge in [-0.05, 0) is 18.2 Å². The van der Waals surface area contributed by atoms with Gasteiger partial charge in [-0.25, -0.2) is 14.4 Å². The summed E-state index contributed by atoms with van der Waals surface area (Å²) in [6.45, 7) is 0. The first-order chi connectivity index (χ1) is 12.1. The van der Waals surface area contributed by atoms with E-state index in [4.69, 9.17) is 9.47 Å². The summed E-state index contributed by atoms with van der Waals surface area (Å²) in [6.07, 6.45) is 1.54. The number of nitrogens with zero attached hydrogens (tertiary/aromatic N) is 3. The summed E-state index contributed by atoms with van der Waals surface area (Å²) < 4.78 is 13.1. The molecule has 1 aromatic heterocycles. The highest BCUT2D eigenvalue weighted by Gasteiger charge is 2.23. The molecule has 0 saturated carbocycles. The van der Waals surface area contributed by atoms with Crippen molar-refractivity contribution in [3.05, 3.63) is 45.3 Å². The van der Waals surface area contributed by atoms with Crippen LogP contribution in [0.25, 0.3) is 16.6 Å². The van der Waals surface area contributed by atoms with Crippen molar-refractivity contribution >= 4 is 44.7 Å². The largest absolute Gasteiger partial charge is 0.493 e. The van der Waals surface area contributed by atoms with Crippen molar-refractivity contribution in [1.29, 1.82) is 0 Å². The van der Waals surface area contributed by atoms with Crippen LogP contribution in [0, 0.1) is 0 Å². The molecular formula is C17H13BrN4O3.